The average molecular weight is 254 g/mol. The zero-order valence-corrected chi connectivity index (χ0v) is 10.9. The molecule has 2 saturated carbocycles. The number of aliphatic carboxylic acids is 1. The number of amides is 2. The highest BCUT2D eigenvalue weighted by molar-refractivity contribution is 5.75. The summed E-state index contributed by atoms with van der Waals surface area (Å²) in [6, 6.07) is -0.158. The molecular weight excluding hydrogens is 232 g/mol. The maximum Gasteiger partial charge on any atom is 0.315 e. The Morgan fingerprint density at radius 3 is 2.17 bits per heavy atom. The van der Waals surface area contributed by atoms with Crippen LogP contribution in [0, 0.1) is 5.41 Å². The van der Waals surface area contributed by atoms with Crippen LogP contribution in [-0.2, 0) is 4.79 Å². The first-order valence-corrected chi connectivity index (χ1v) is 6.71. The van der Waals surface area contributed by atoms with Crippen molar-refractivity contribution < 1.29 is 14.7 Å². The van der Waals surface area contributed by atoms with Crippen LogP contribution in [0.5, 0.6) is 0 Å². The summed E-state index contributed by atoms with van der Waals surface area (Å²) in [5.41, 5.74) is -0.257. The molecule has 0 heterocycles. The van der Waals surface area contributed by atoms with E-state index in [1.54, 1.807) is 0 Å². The van der Waals surface area contributed by atoms with Crippen molar-refractivity contribution in [2.45, 2.75) is 57.4 Å². The Hall–Kier alpha value is -1.26. The van der Waals surface area contributed by atoms with Crippen molar-refractivity contribution in [3.8, 4) is 0 Å². The van der Waals surface area contributed by atoms with E-state index in [1.165, 1.54) is 6.42 Å². The molecule has 2 amide bonds. The molecule has 0 atom stereocenters. The Labute approximate surface area is 107 Å². The number of rotatable bonds is 5. The molecular formula is C13H22N2O3. The summed E-state index contributed by atoms with van der Waals surface area (Å²) < 4.78 is 0. The third kappa shape index (κ3) is 2.94. The Bertz CT molecular complexity index is 346. The molecule has 0 spiro atoms. The van der Waals surface area contributed by atoms with E-state index in [2.05, 4.69) is 10.6 Å². The third-order valence-electron chi connectivity index (χ3n) is 4.44. The predicted octanol–water partition coefficient (Wildman–Crippen LogP) is 1.87. The lowest BCUT2D eigenvalue weighted by molar-refractivity contribution is -0.141. The van der Waals surface area contributed by atoms with E-state index < -0.39 is 5.97 Å². The van der Waals surface area contributed by atoms with Crippen LogP contribution in [0.25, 0.3) is 0 Å². The molecule has 0 aromatic carbocycles. The molecule has 0 unspecified atom stereocenters. The molecule has 0 saturated heterocycles. The summed E-state index contributed by atoms with van der Waals surface area (Å²) in [6.45, 7) is 2.52. The van der Waals surface area contributed by atoms with Gasteiger partial charge in [0, 0.05) is 12.1 Å². The number of hydrogen-bond donors (Lipinski definition) is 3. The van der Waals surface area contributed by atoms with Gasteiger partial charge in [-0.1, -0.05) is 6.42 Å². The number of carbonyl (C=O) groups is 2. The van der Waals surface area contributed by atoms with Gasteiger partial charge in [-0.05, 0) is 44.4 Å². The lowest BCUT2D eigenvalue weighted by Gasteiger charge is -2.42. The van der Waals surface area contributed by atoms with E-state index in [0.29, 0.717) is 6.54 Å². The van der Waals surface area contributed by atoms with E-state index in [1.807, 2.05) is 6.92 Å². The fourth-order valence-corrected chi connectivity index (χ4v) is 2.83. The van der Waals surface area contributed by atoms with Gasteiger partial charge in [0.05, 0.1) is 6.42 Å². The summed E-state index contributed by atoms with van der Waals surface area (Å²) in [7, 11) is 0. The predicted molar refractivity (Wildman–Crippen MR) is 67.3 cm³/mol. The van der Waals surface area contributed by atoms with Crippen molar-refractivity contribution >= 4 is 12.0 Å². The maximum atomic E-state index is 11.8. The van der Waals surface area contributed by atoms with E-state index in [9.17, 15) is 9.59 Å². The van der Waals surface area contributed by atoms with Crippen LogP contribution in [0.4, 0.5) is 4.79 Å². The molecule has 0 aliphatic heterocycles. The fourth-order valence-electron chi connectivity index (χ4n) is 2.83. The van der Waals surface area contributed by atoms with Crippen LogP contribution >= 0.6 is 0 Å². The number of urea groups is 1. The average Bonchev–Trinajstić information content (AvgIpc) is 2.19. The lowest BCUT2D eigenvalue weighted by Crippen LogP contribution is -2.56. The molecule has 0 aromatic heterocycles. The highest BCUT2D eigenvalue weighted by atomic mass is 16.4. The Kier molecular flexibility index (Phi) is 3.50. The van der Waals surface area contributed by atoms with Crippen LogP contribution < -0.4 is 10.6 Å². The van der Waals surface area contributed by atoms with Crippen LogP contribution in [0.15, 0.2) is 0 Å². The summed E-state index contributed by atoms with van der Waals surface area (Å²) in [4.78, 5) is 22.6. The SMILES string of the molecule is CC1(NC(=O)NCC2(CC(=O)O)CCC2)CCC1. The zero-order valence-electron chi connectivity index (χ0n) is 10.9. The summed E-state index contributed by atoms with van der Waals surface area (Å²) >= 11 is 0. The van der Waals surface area contributed by atoms with Gasteiger partial charge in [0.2, 0.25) is 0 Å². The fraction of sp³-hybridized carbons (Fsp3) is 0.846. The minimum atomic E-state index is -0.775. The molecule has 102 valence electrons. The number of carboxylic acids is 1. The third-order valence-corrected chi connectivity index (χ3v) is 4.44. The highest BCUT2D eigenvalue weighted by Crippen LogP contribution is 2.43. The van der Waals surface area contributed by atoms with E-state index in [-0.39, 0.29) is 23.4 Å². The number of carboxylic acid groups (broad SMARTS) is 1. The monoisotopic (exact) mass is 254 g/mol. The van der Waals surface area contributed by atoms with Crippen LogP contribution in [-0.4, -0.2) is 29.2 Å². The van der Waals surface area contributed by atoms with Crippen molar-refractivity contribution in [3.05, 3.63) is 0 Å². The first-order valence-electron chi connectivity index (χ1n) is 6.71. The minimum Gasteiger partial charge on any atom is -0.481 e. The smallest absolute Gasteiger partial charge is 0.315 e. The lowest BCUT2D eigenvalue weighted by atomic mass is 9.66. The molecule has 3 N–H and O–H groups in total. The van der Waals surface area contributed by atoms with Crippen molar-refractivity contribution in [2.75, 3.05) is 6.54 Å². The summed E-state index contributed by atoms with van der Waals surface area (Å²) in [6.07, 6.45) is 6.24. The van der Waals surface area contributed by atoms with Gasteiger partial charge in [-0.25, -0.2) is 4.79 Å². The number of carbonyl (C=O) groups excluding carboxylic acids is 1. The highest BCUT2D eigenvalue weighted by Gasteiger charge is 2.40. The van der Waals surface area contributed by atoms with Gasteiger partial charge in [-0.2, -0.15) is 0 Å². The maximum absolute atomic E-state index is 11.8. The molecule has 5 heteroatoms. The van der Waals surface area contributed by atoms with E-state index in [4.69, 9.17) is 5.11 Å². The number of hydrogen-bond acceptors (Lipinski definition) is 2. The van der Waals surface area contributed by atoms with Gasteiger partial charge >= 0.3 is 12.0 Å². The topological polar surface area (TPSA) is 78.4 Å². The van der Waals surface area contributed by atoms with Gasteiger partial charge in [0.15, 0.2) is 0 Å². The summed E-state index contributed by atoms with van der Waals surface area (Å²) in [5, 5.41) is 14.7. The second kappa shape index (κ2) is 4.78. The van der Waals surface area contributed by atoms with E-state index >= 15 is 0 Å². The van der Waals surface area contributed by atoms with Gasteiger partial charge in [-0.3, -0.25) is 4.79 Å². The first kappa shape index (κ1) is 13.2. The molecule has 0 radical (unpaired) electrons. The molecule has 2 aliphatic rings. The Balaban J connectivity index is 1.75. The van der Waals surface area contributed by atoms with Gasteiger partial charge in [0.25, 0.3) is 0 Å². The second-order valence-electron chi connectivity index (χ2n) is 6.15. The van der Waals surface area contributed by atoms with Gasteiger partial charge < -0.3 is 15.7 Å². The first-order chi connectivity index (χ1) is 8.43. The van der Waals surface area contributed by atoms with Crippen LogP contribution in [0.2, 0.25) is 0 Å². The van der Waals surface area contributed by atoms with E-state index in [0.717, 1.165) is 32.1 Å². The van der Waals surface area contributed by atoms with Gasteiger partial charge in [-0.15, -0.1) is 0 Å². The number of nitrogens with one attached hydrogen (secondary N) is 2. The normalized spacial score (nSPS) is 23.4. The standard InChI is InChI=1S/C13H22N2O3/c1-12(4-2-5-12)15-11(18)14-9-13(6-3-7-13)8-10(16)17/h2-9H2,1H3,(H,16,17)(H2,14,15,18). The summed E-state index contributed by atoms with van der Waals surface area (Å²) in [5.74, 6) is -0.775. The Morgan fingerprint density at radius 1 is 1.17 bits per heavy atom. The molecule has 5 nitrogen and oxygen atoms in total. The Morgan fingerprint density at radius 2 is 1.78 bits per heavy atom. The van der Waals surface area contributed by atoms with Crippen molar-refractivity contribution in [2.24, 2.45) is 5.41 Å². The van der Waals surface area contributed by atoms with Crippen molar-refractivity contribution in [3.63, 3.8) is 0 Å². The molecule has 2 aliphatic carbocycles. The van der Waals surface area contributed by atoms with Crippen molar-refractivity contribution in [1.82, 2.24) is 10.6 Å². The van der Waals surface area contributed by atoms with Crippen LogP contribution in [0.1, 0.15) is 51.9 Å². The molecule has 2 rings (SSSR count). The van der Waals surface area contributed by atoms with Gasteiger partial charge in [0.1, 0.15) is 0 Å². The molecule has 2 fully saturated rings. The molecule has 18 heavy (non-hydrogen) atoms. The second-order valence-corrected chi connectivity index (χ2v) is 6.15. The van der Waals surface area contributed by atoms with Crippen LogP contribution in [0.3, 0.4) is 0 Å². The molecule has 0 aromatic rings. The minimum absolute atomic E-state index is 0.0519. The molecule has 0 bridgehead atoms. The zero-order chi connectivity index (χ0) is 13.2. The largest absolute Gasteiger partial charge is 0.481 e. The quantitative estimate of drug-likeness (QED) is 0.701. The van der Waals surface area contributed by atoms with Crippen molar-refractivity contribution in [1.29, 1.82) is 0 Å².